The van der Waals surface area contributed by atoms with Crippen LogP contribution in [0.2, 0.25) is 0 Å². The van der Waals surface area contributed by atoms with E-state index in [2.05, 4.69) is 22.3 Å². The number of imide groups is 1. The highest BCUT2D eigenvalue weighted by atomic mass is 16.5. The number of hydrogen-bond acceptors (Lipinski definition) is 8. The van der Waals surface area contributed by atoms with Crippen LogP contribution in [0.3, 0.4) is 0 Å². The molecule has 228 valence electrons. The molecule has 2 aliphatic heterocycles. The number of nitrogens with zero attached hydrogens (tertiary/aromatic N) is 3. The first-order chi connectivity index (χ1) is 20.5. The third-order valence-corrected chi connectivity index (χ3v) is 8.07. The lowest BCUT2D eigenvalue weighted by Gasteiger charge is -2.33. The number of carbonyl (C=O) groups excluding carboxylic acids is 2. The molecule has 0 bridgehead atoms. The molecule has 1 saturated heterocycles. The summed E-state index contributed by atoms with van der Waals surface area (Å²) in [7, 11) is 1.65. The maximum atomic E-state index is 12.7. The van der Waals surface area contributed by atoms with E-state index in [1.165, 1.54) is 5.56 Å². The molecule has 2 aliphatic rings. The molecule has 0 aromatic heterocycles. The highest BCUT2D eigenvalue weighted by molar-refractivity contribution is 6.01. The van der Waals surface area contributed by atoms with E-state index in [1.807, 2.05) is 12.1 Å². The van der Waals surface area contributed by atoms with Gasteiger partial charge >= 0.3 is 18.0 Å². The Morgan fingerprint density at radius 2 is 1.58 bits per heavy atom. The average Bonchev–Trinajstić information content (AvgIpc) is 3.00. The summed E-state index contributed by atoms with van der Waals surface area (Å²) in [6, 6.07) is 13.7. The number of ether oxygens (including phenoxy) is 1. The van der Waals surface area contributed by atoms with Gasteiger partial charge in [0.1, 0.15) is 5.75 Å². The molecule has 1 fully saturated rings. The van der Waals surface area contributed by atoms with Gasteiger partial charge in [0.15, 0.2) is 0 Å². The topological polar surface area (TPSA) is 166 Å². The van der Waals surface area contributed by atoms with Gasteiger partial charge in [0.2, 0.25) is 5.91 Å². The van der Waals surface area contributed by atoms with Gasteiger partial charge in [-0.05, 0) is 87.7 Å². The number of piperidine rings is 1. The van der Waals surface area contributed by atoms with Crippen molar-refractivity contribution in [1.29, 1.82) is 0 Å². The molecule has 0 atom stereocenters. The quantitative estimate of drug-likeness (QED) is 0.189. The van der Waals surface area contributed by atoms with Gasteiger partial charge in [0, 0.05) is 42.2 Å². The van der Waals surface area contributed by atoms with Crippen LogP contribution in [-0.2, 0) is 14.4 Å². The van der Waals surface area contributed by atoms with Crippen molar-refractivity contribution in [1.82, 2.24) is 9.91 Å². The fraction of sp³-hybridized carbons (Fsp3) is 0.355. The molecule has 4 rings (SSSR count). The molecule has 0 spiro atoms. The van der Waals surface area contributed by atoms with E-state index >= 15 is 0 Å². The summed E-state index contributed by atoms with van der Waals surface area (Å²) in [6.45, 7) is 5.39. The second-order valence-electron chi connectivity index (χ2n) is 10.6. The molecule has 0 aliphatic carbocycles. The molecule has 2 aromatic rings. The number of hydrazine groups is 1. The number of carboxylic acids is 2. The molecule has 0 radical (unpaired) electrons. The zero-order valence-corrected chi connectivity index (χ0v) is 24.5. The number of likely N-dealkylation sites (tertiary alicyclic amines) is 1. The van der Waals surface area contributed by atoms with Crippen LogP contribution in [0.1, 0.15) is 51.0 Å². The summed E-state index contributed by atoms with van der Waals surface area (Å²) in [4.78, 5) is 52.6. The zero-order chi connectivity index (χ0) is 31.3. The number of nitrogens with two attached hydrogens (primary N) is 1. The largest absolute Gasteiger partial charge is 0.497 e. The van der Waals surface area contributed by atoms with E-state index in [-0.39, 0.29) is 24.0 Å². The van der Waals surface area contributed by atoms with Crippen molar-refractivity contribution < 1.29 is 34.1 Å². The number of urea groups is 1. The number of carbonyl (C=O) groups is 4. The van der Waals surface area contributed by atoms with Gasteiger partial charge in [0.25, 0.3) is 0 Å². The van der Waals surface area contributed by atoms with Crippen LogP contribution in [0.5, 0.6) is 5.75 Å². The molecule has 12 nitrogen and oxygen atoms in total. The molecule has 0 saturated carbocycles. The third-order valence-electron chi connectivity index (χ3n) is 8.07. The summed E-state index contributed by atoms with van der Waals surface area (Å²) in [5.41, 5.74) is 2.88. The van der Waals surface area contributed by atoms with Crippen LogP contribution in [0.15, 0.2) is 71.1 Å². The van der Waals surface area contributed by atoms with Crippen LogP contribution in [-0.4, -0.2) is 70.7 Å². The normalized spacial score (nSPS) is 16.2. The second kappa shape index (κ2) is 13.5. The van der Waals surface area contributed by atoms with Gasteiger partial charge in [-0.15, -0.1) is 0 Å². The van der Waals surface area contributed by atoms with Crippen LogP contribution in [0, 0.1) is 0 Å². The SMILES string of the molecule is COc1cccc(C2CCN(CCC(=O)N(N)C(=O)Nc3ccc(N4C(C)=C(C(=O)O)CC(C(=O)O)=C4C)cc3)CC2)c1. The fourth-order valence-corrected chi connectivity index (χ4v) is 5.55. The molecule has 12 heteroatoms. The molecule has 2 aromatic carbocycles. The third kappa shape index (κ3) is 7.22. The van der Waals surface area contributed by atoms with Gasteiger partial charge in [0.05, 0.1) is 18.3 Å². The summed E-state index contributed by atoms with van der Waals surface area (Å²) >= 11 is 0. The number of nitrogens with one attached hydrogen (secondary N) is 1. The first kappa shape index (κ1) is 31.3. The molecule has 0 unspecified atom stereocenters. The van der Waals surface area contributed by atoms with Crippen LogP contribution < -0.4 is 20.8 Å². The van der Waals surface area contributed by atoms with Crippen molar-refractivity contribution in [2.24, 2.45) is 5.84 Å². The number of aliphatic carboxylic acids is 2. The zero-order valence-electron chi connectivity index (χ0n) is 24.5. The van der Waals surface area contributed by atoms with Crippen LogP contribution >= 0.6 is 0 Å². The van der Waals surface area contributed by atoms with Crippen LogP contribution in [0.4, 0.5) is 16.2 Å². The van der Waals surface area contributed by atoms with Crippen molar-refractivity contribution >= 4 is 35.3 Å². The van der Waals surface area contributed by atoms with E-state index < -0.39 is 23.9 Å². The minimum atomic E-state index is -1.19. The van der Waals surface area contributed by atoms with E-state index in [0.29, 0.717) is 40.2 Å². The predicted octanol–water partition coefficient (Wildman–Crippen LogP) is 4.13. The Kier molecular flexibility index (Phi) is 9.84. The molecular weight excluding hydrogens is 554 g/mol. The number of hydrogen-bond donors (Lipinski definition) is 4. The minimum Gasteiger partial charge on any atom is -0.497 e. The van der Waals surface area contributed by atoms with E-state index in [9.17, 15) is 29.4 Å². The molecule has 5 N–H and O–H groups in total. The Morgan fingerprint density at radius 1 is 0.977 bits per heavy atom. The number of methoxy groups -OCH3 is 1. The first-order valence-electron chi connectivity index (χ1n) is 14.0. The lowest BCUT2D eigenvalue weighted by molar-refractivity contribution is -0.133. The van der Waals surface area contributed by atoms with Gasteiger partial charge in [-0.2, -0.15) is 5.01 Å². The van der Waals surface area contributed by atoms with Gasteiger partial charge in [-0.1, -0.05) is 12.1 Å². The highest BCUT2D eigenvalue weighted by Gasteiger charge is 2.30. The minimum absolute atomic E-state index is 0.0149. The lowest BCUT2D eigenvalue weighted by atomic mass is 9.89. The number of rotatable bonds is 9. The fourth-order valence-electron chi connectivity index (χ4n) is 5.55. The summed E-state index contributed by atoms with van der Waals surface area (Å²) in [6.07, 6.45) is 1.83. The van der Waals surface area contributed by atoms with Crippen LogP contribution in [0.25, 0.3) is 0 Å². The summed E-state index contributed by atoms with van der Waals surface area (Å²) < 4.78 is 5.33. The number of benzene rings is 2. The lowest BCUT2D eigenvalue weighted by Crippen LogP contribution is -2.46. The van der Waals surface area contributed by atoms with Crippen molar-refractivity contribution in [3.63, 3.8) is 0 Å². The number of anilines is 2. The smallest absolute Gasteiger partial charge is 0.343 e. The molecule has 3 amide bonds. The Bertz CT molecular complexity index is 1420. The Morgan fingerprint density at radius 3 is 2.14 bits per heavy atom. The highest BCUT2D eigenvalue weighted by Crippen LogP contribution is 2.35. The van der Waals surface area contributed by atoms with E-state index in [0.717, 1.165) is 31.7 Å². The standard InChI is InChI=1S/C31H37N5O7/c1-19-26(29(38)39)18-27(30(40)41)20(2)35(19)24-9-7-23(8-10-24)33-31(42)36(32)28(37)13-16-34-14-11-21(12-15-34)22-5-4-6-25(17-22)43-3/h4-10,17,21H,11-16,18,32H2,1-3H3,(H,33,42)(H,38,39)(H,40,41). The summed E-state index contributed by atoms with van der Waals surface area (Å²) in [5.74, 6) is 4.20. The monoisotopic (exact) mass is 591 g/mol. The Labute approximate surface area is 250 Å². The van der Waals surface area contributed by atoms with Gasteiger partial charge in [-0.25, -0.2) is 20.2 Å². The van der Waals surface area contributed by atoms with Gasteiger partial charge < -0.3 is 30.1 Å². The summed E-state index contributed by atoms with van der Waals surface area (Å²) in [5, 5.41) is 22.3. The van der Waals surface area contributed by atoms with Crippen molar-refractivity contribution in [3.05, 3.63) is 76.6 Å². The van der Waals surface area contributed by atoms with Crippen molar-refractivity contribution in [2.45, 2.75) is 45.4 Å². The maximum Gasteiger partial charge on any atom is 0.343 e. The number of carboxylic acid groups (broad SMARTS) is 2. The number of amides is 3. The molecule has 43 heavy (non-hydrogen) atoms. The first-order valence-corrected chi connectivity index (χ1v) is 14.0. The second-order valence-corrected chi connectivity index (χ2v) is 10.6. The average molecular weight is 592 g/mol. The van der Waals surface area contributed by atoms with E-state index in [4.69, 9.17) is 10.6 Å². The van der Waals surface area contributed by atoms with E-state index in [1.54, 1.807) is 50.1 Å². The maximum absolute atomic E-state index is 12.7. The Balaban J connectivity index is 1.30. The van der Waals surface area contributed by atoms with Crippen molar-refractivity contribution in [3.8, 4) is 5.75 Å². The predicted molar refractivity (Wildman–Crippen MR) is 160 cm³/mol. The number of allylic oxidation sites excluding steroid dienone is 2. The molecular formula is C31H37N5O7. The van der Waals surface area contributed by atoms with Crippen molar-refractivity contribution in [2.75, 3.05) is 37.0 Å². The van der Waals surface area contributed by atoms with Gasteiger partial charge in [-0.3, -0.25) is 4.79 Å². The molecule has 2 heterocycles. The Hall–Kier alpha value is -4.68.